The number of H-pyrrole nitrogens is 1. The number of aryl methyl sites for hydroxylation is 1. The van der Waals surface area contributed by atoms with E-state index in [1.807, 2.05) is 49.4 Å². The molecule has 2 heterocycles. The minimum absolute atomic E-state index is 0.0492. The van der Waals surface area contributed by atoms with E-state index in [1.54, 1.807) is 0 Å². The van der Waals surface area contributed by atoms with Crippen molar-refractivity contribution >= 4 is 10.9 Å². The first-order valence-electron chi connectivity index (χ1n) is 6.59. The molecular formula is C16H16N2O2. The third kappa shape index (κ3) is 2.65. The second-order valence-corrected chi connectivity index (χ2v) is 4.83. The van der Waals surface area contributed by atoms with Crippen LogP contribution in [0.1, 0.15) is 17.1 Å². The van der Waals surface area contributed by atoms with Gasteiger partial charge < -0.3 is 14.7 Å². The van der Waals surface area contributed by atoms with Crippen LogP contribution in [0, 0.1) is 6.92 Å². The Bertz CT molecular complexity index is 786. The van der Waals surface area contributed by atoms with E-state index in [0.717, 1.165) is 28.0 Å². The van der Waals surface area contributed by atoms with Gasteiger partial charge in [0, 0.05) is 17.6 Å². The van der Waals surface area contributed by atoms with Gasteiger partial charge in [0.2, 0.25) is 0 Å². The van der Waals surface area contributed by atoms with Crippen molar-refractivity contribution in [1.29, 1.82) is 0 Å². The molecule has 4 heteroatoms. The maximum Gasteiger partial charge on any atom is 0.252 e. The smallest absolute Gasteiger partial charge is 0.252 e. The quantitative estimate of drug-likeness (QED) is 0.765. The summed E-state index contributed by atoms with van der Waals surface area (Å²) >= 11 is 0. The molecule has 0 aliphatic heterocycles. The van der Waals surface area contributed by atoms with Gasteiger partial charge in [-0.25, -0.2) is 0 Å². The summed E-state index contributed by atoms with van der Waals surface area (Å²) in [5, 5.41) is 4.26. The van der Waals surface area contributed by atoms with Crippen LogP contribution in [0.25, 0.3) is 10.9 Å². The molecule has 0 amide bonds. The Labute approximate surface area is 116 Å². The Hall–Kier alpha value is -2.33. The van der Waals surface area contributed by atoms with E-state index in [0.29, 0.717) is 13.1 Å². The molecule has 0 bridgehead atoms. The molecule has 3 aromatic rings. The monoisotopic (exact) mass is 268 g/mol. The van der Waals surface area contributed by atoms with Gasteiger partial charge in [-0.15, -0.1) is 0 Å². The minimum Gasteiger partial charge on any atom is -0.465 e. The number of rotatable bonds is 4. The highest BCUT2D eigenvalue weighted by Gasteiger charge is 2.03. The summed E-state index contributed by atoms with van der Waals surface area (Å²) in [6, 6.07) is 13.6. The van der Waals surface area contributed by atoms with Crippen molar-refractivity contribution in [3.8, 4) is 0 Å². The molecule has 0 fully saturated rings. The number of nitrogens with one attached hydrogen (secondary N) is 2. The Balaban J connectivity index is 1.74. The van der Waals surface area contributed by atoms with E-state index < -0.39 is 0 Å². The fraction of sp³-hybridized carbons (Fsp3) is 0.188. The Morgan fingerprint density at radius 3 is 2.80 bits per heavy atom. The summed E-state index contributed by atoms with van der Waals surface area (Å²) < 4.78 is 5.47. The van der Waals surface area contributed by atoms with Crippen molar-refractivity contribution in [2.24, 2.45) is 0 Å². The van der Waals surface area contributed by atoms with Crippen LogP contribution in [0.4, 0.5) is 0 Å². The molecular weight excluding hydrogens is 252 g/mol. The average Bonchev–Trinajstić information content (AvgIpc) is 2.85. The van der Waals surface area contributed by atoms with Crippen LogP contribution >= 0.6 is 0 Å². The van der Waals surface area contributed by atoms with Gasteiger partial charge in [-0.1, -0.05) is 18.2 Å². The van der Waals surface area contributed by atoms with E-state index in [4.69, 9.17) is 4.42 Å². The van der Waals surface area contributed by atoms with Gasteiger partial charge in [0.05, 0.1) is 6.54 Å². The van der Waals surface area contributed by atoms with Crippen LogP contribution in [0.15, 0.2) is 51.7 Å². The van der Waals surface area contributed by atoms with Crippen LogP contribution in [0.3, 0.4) is 0 Å². The summed E-state index contributed by atoms with van der Waals surface area (Å²) in [6.07, 6.45) is 0. The van der Waals surface area contributed by atoms with Crippen molar-refractivity contribution in [3.63, 3.8) is 0 Å². The van der Waals surface area contributed by atoms with E-state index in [-0.39, 0.29) is 5.56 Å². The van der Waals surface area contributed by atoms with Crippen molar-refractivity contribution in [3.05, 3.63) is 69.9 Å². The van der Waals surface area contributed by atoms with Crippen LogP contribution in [0.2, 0.25) is 0 Å². The molecule has 102 valence electrons. The highest BCUT2D eigenvalue weighted by Crippen LogP contribution is 2.10. The number of furan rings is 1. The van der Waals surface area contributed by atoms with Crippen molar-refractivity contribution in [2.75, 3.05) is 0 Å². The molecule has 0 saturated carbocycles. The number of para-hydroxylation sites is 1. The molecule has 0 aliphatic rings. The minimum atomic E-state index is -0.0492. The van der Waals surface area contributed by atoms with E-state index in [9.17, 15) is 4.79 Å². The molecule has 0 spiro atoms. The first-order valence-corrected chi connectivity index (χ1v) is 6.59. The third-order valence-electron chi connectivity index (χ3n) is 3.24. The average molecular weight is 268 g/mol. The molecule has 20 heavy (non-hydrogen) atoms. The van der Waals surface area contributed by atoms with Gasteiger partial charge in [-0.2, -0.15) is 0 Å². The van der Waals surface area contributed by atoms with Crippen molar-refractivity contribution in [1.82, 2.24) is 10.3 Å². The predicted octanol–water partition coefficient (Wildman–Crippen LogP) is 2.72. The molecule has 0 radical (unpaired) electrons. The second-order valence-electron chi connectivity index (χ2n) is 4.83. The molecule has 0 aliphatic carbocycles. The number of aromatic amines is 1. The van der Waals surface area contributed by atoms with Crippen LogP contribution in [-0.4, -0.2) is 4.98 Å². The van der Waals surface area contributed by atoms with E-state index >= 15 is 0 Å². The second kappa shape index (κ2) is 5.35. The van der Waals surface area contributed by atoms with E-state index in [2.05, 4.69) is 10.3 Å². The summed E-state index contributed by atoms with van der Waals surface area (Å²) in [7, 11) is 0. The van der Waals surface area contributed by atoms with Crippen molar-refractivity contribution in [2.45, 2.75) is 20.0 Å². The van der Waals surface area contributed by atoms with Gasteiger partial charge in [-0.05, 0) is 36.6 Å². The lowest BCUT2D eigenvalue weighted by Crippen LogP contribution is -2.20. The summed E-state index contributed by atoms with van der Waals surface area (Å²) in [5.74, 6) is 1.77. The lowest BCUT2D eigenvalue weighted by atomic mass is 10.1. The van der Waals surface area contributed by atoms with Crippen molar-refractivity contribution < 1.29 is 4.42 Å². The first-order chi connectivity index (χ1) is 9.72. The Morgan fingerprint density at radius 1 is 1.15 bits per heavy atom. The number of fused-ring (bicyclic) bond motifs is 1. The van der Waals surface area contributed by atoms with Gasteiger partial charge in [0.1, 0.15) is 11.5 Å². The summed E-state index contributed by atoms with van der Waals surface area (Å²) in [6.45, 7) is 3.04. The molecule has 0 unspecified atom stereocenters. The van der Waals surface area contributed by atoms with E-state index in [1.165, 1.54) is 0 Å². The standard InChI is InChI=1S/C16H16N2O2/c1-11-6-7-14(20-11)10-17-9-13-8-12-4-2-3-5-15(12)18-16(13)19/h2-8,17H,9-10H2,1H3,(H,18,19). The van der Waals surface area contributed by atoms with Crippen LogP contribution < -0.4 is 10.9 Å². The van der Waals surface area contributed by atoms with Gasteiger partial charge in [0.15, 0.2) is 0 Å². The third-order valence-corrected chi connectivity index (χ3v) is 3.24. The normalized spacial score (nSPS) is 11.1. The molecule has 4 nitrogen and oxygen atoms in total. The van der Waals surface area contributed by atoms with Crippen LogP contribution in [0.5, 0.6) is 0 Å². The topological polar surface area (TPSA) is 58.0 Å². The predicted molar refractivity (Wildman–Crippen MR) is 78.6 cm³/mol. The highest BCUT2D eigenvalue weighted by molar-refractivity contribution is 5.78. The molecule has 0 saturated heterocycles. The largest absolute Gasteiger partial charge is 0.465 e. The molecule has 3 rings (SSSR count). The number of hydrogen-bond acceptors (Lipinski definition) is 3. The number of hydrogen-bond donors (Lipinski definition) is 2. The molecule has 2 N–H and O–H groups in total. The number of aromatic nitrogens is 1. The summed E-state index contributed by atoms with van der Waals surface area (Å²) in [5.41, 5.74) is 1.54. The van der Waals surface area contributed by atoms with Gasteiger partial charge >= 0.3 is 0 Å². The Kier molecular flexibility index (Phi) is 3.39. The lowest BCUT2D eigenvalue weighted by molar-refractivity contribution is 0.461. The Morgan fingerprint density at radius 2 is 2.00 bits per heavy atom. The zero-order valence-electron chi connectivity index (χ0n) is 11.3. The first kappa shape index (κ1) is 12.7. The summed E-state index contributed by atoms with van der Waals surface area (Å²) in [4.78, 5) is 14.9. The van der Waals surface area contributed by atoms with Gasteiger partial charge in [0.25, 0.3) is 5.56 Å². The fourth-order valence-electron chi connectivity index (χ4n) is 2.22. The number of pyridine rings is 1. The molecule has 1 aromatic carbocycles. The lowest BCUT2D eigenvalue weighted by Gasteiger charge is -2.04. The SMILES string of the molecule is Cc1ccc(CNCc2cc3ccccc3[nH]c2=O)o1. The maximum absolute atomic E-state index is 12.0. The highest BCUT2D eigenvalue weighted by atomic mass is 16.3. The molecule has 0 atom stereocenters. The molecule has 2 aromatic heterocycles. The maximum atomic E-state index is 12.0. The van der Waals surface area contributed by atoms with Crippen LogP contribution in [-0.2, 0) is 13.1 Å². The zero-order chi connectivity index (χ0) is 13.9. The van der Waals surface area contributed by atoms with Gasteiger partial charge in [-0.3, -0.25) is 4.79 Å². The zero-order valence-corrected chi connectivity index (χ0v) is 11.3. The fourth-order valence-corrected chi connectivity index (χ4v) is 2.22. The number of benzene rings is 1.